The summed E-state index contributed by atoms with van der Waals surface area (Å²) in [4.78, 5) is 14.0. The van der Waals surface area contributed by atoms with Gasteiger partial charge in [-0.1, -0.05) is 5.16 Å². The Balaban J connectivity index is 1.71. The normalized spacial score (nSPS) is 19.6. The molecule has 3 rings (SSSR count). The van der Waals surface area contributed by atoms with Crippen LogP contribution in [0.15, 0.2) is 33.4 Å². The molecule has 21 heavy (non-hydrogen) atoms. The number of nitrogens with one attached hydrogen (secondary N) is 2. The summed E-state index contributed by atoms with van der Waals surface area (Å²) < 4.78 is 10.6. The summed E-state index contributed by atoms with van der Waals surface area (Å²) in [5.74, 6) is 1.26. The molecule has 112 valence electrons. The van der Waals surface area contributed by atoms with Gasteiger partial charge in [0.1, 0.15) is 6.04 Å². The van der Waals surface area contributed by atoms with Crippen molar-refractivity contribution in [1.82, 2.24) is 20.7 Å². The Hall–Kier alpha value is -2.12. The van der Waals surface area contributed by atoms with Gasteiger partial charge in [-0.3, -0.25) is 9.69 Å². The molecule has 7 nitrogen and oxygen atoms in total. The molecule has 1 aliphatic rings. The van der Waals surface area contributed by atoms with Crippen LogP contribution in [0.2, 0.25) is 0 Å². The van der Waals surface area contributed by atoms with E-state index >= 15 is 0 Å². The molecule has 0 aliphatic carbocycles. The molecular weight excluding hydrogens is 272 g/mol. The van der Waals surface area contributed by atoms with Crippen LogP contribution in [0, 0.1) is 0 Å². The molecular formula is C14H18N4O3. The van der Waals surface area contributed by atoms with Crippen LogP contribution >= 0.6 is 0 Å². The minimum absolute atomic E-state index is 0.0111. The number of carbonyl (C=O) groups is 1. The van der Waals surface area contributed by atoms with Crippen molar-refractivity contribution in [2.24, 2.45) is 0 Å². The molecule has 3 heterocycles. The first-order valence-corrected chi connectivity index (χ1v) is 6.94. The quantitative estimate of drug-likeness (QED) is 0.851. The molecule has 0 spiro atoms. The van der Waals surface area contributed by atoms with Crippen LogP contribution in [-0.4, -0.2) is 48.7 Å². The van der Waals surface area contributed by atoms with Gasteiger partial charge in [-0.05, 0) is 12.1 Å². The first-order chi connectivity index (χ1) is 10.3. The molecule has 0 aromatic carbocycles. The zero-order valence-corrected chi connectivity index (χ0v) is 11.8. The number of piperazine rings is 1. The number of rotatable bonds is 4. The van der Waals surface area contributed by atoms with Gasteiger partial charge in [-0.25, -0.2) is 0 Å². The van der Waals surface area contributed by atoms with Crippen LogP contribution in [0.5, 0.6) is 0 Å². The van der Waals surface area contributed by atoms with E-state index < -0.39 is 0 Å². The number of hydrogen-bond acceptors (Lipinski definition) is 6. The lowest BCUT2D eigenvalue weighted by atomic mass is 10.1. The number of hydrogen-bond donors (Lipinski definition) is 2. The average molecular weight is 290 g/mol. The Morgan fingerprint density at radius 3 is 3.24 bits per heavy atom. The van der Waals surface area contributed by atoms with Gasteiger partial charge in [0.15, 0.2) is 5.76 Å². The van der Waals surface area contributed by atoms with Gasteiger partial charge in [0.2, 0.25) is 11.7 Å². The molecule has 1 unspecified atom stereocenters. The lowest BCUT2D eigenvalue weighted by Crippen LogP contribution is -2.56. The Bertz CT molecular complexity index is 593. The largest absolute Gasteiger partial charge is 0.461 e. The lowest BCUT2D eigenvalue weighted by molar-refractivity contribution is -0.126. The second kappa shape index (κ2) is 6.11. The van der Waals surface area contributed by atoms with Gasteiger partial charge in [0.05, 0.1) is 12.0 Å². The van der Waals surface area contributed by atoms with E-state index in [1.165, 1.54) is 0 Å². The van der Waals surface area contributed by atoms with Gasteiger partial charge < -0.3 is 19.6 Å². The Labute approximate surface area is 122 Å². The molecule has 1 saturated heterocycles. The van der Waals surface area contributed by atoms with Crippen LogP contribution in [0.3, 0.4) is 0 Å². The molecule has 0 radical (unpaired) electrons. The molecule has 1 amide bonds. The van der Waals surface area contributed by atoms with Gasteiger partial charge in [-0.2, -0.15) is 0 Å². The van der Waals surface area contributed by atoms with E-state index in [-0.39, 0.29) is 11.9 Å². The highest BCUT2D eigenvalue weighted by atomic mass is 16.5. The Kier molecular flexibility index (Phi) is 4.03. The number of aromatic nitrogens is 1. The van der Waals surface area contributed by atoms with Crippen LogP contribution in [0.25, 0.3) is 11.5 Å². The predicted octanol–water partition coefficient (Wildman–Crippen LogP) is 0.454. The summed E-state index contributed by atoms with van der Waals surface area (Å²) in [6.45, 7) is 2.87. The van der Waals surface area contributed by atoms with E-state index in [0.29, 0.717) is 24.6 Å². The van der Waals surface area contributed by atoms with Crippen molar-refractivity contribution < 1.29 is 13.7 Å². The Morgan fingerprint density at radius 1 is 1.57 bits per heavy atom. The number of furan rings is 1. The summed E-state index contributed by atoms with van der Waals surface area (Å²) in [6, 6.07) is 5.28. The summed E-state index contributed by atoms with van der Waals surface area (Å²) in [5.41, 5.74) is 0.789. The molecule has 7 heteroatoms. The molecule has 1 fully saturated rings. The van der Waals surface area contributed by atoms with E-state index in [2.05, 4.69) is 20.7 Å². The van der Waals surface area contributed by atoms with Crippen molar-refractivity contribution in [1.29, 1.82) is 0 Å². The van der Waals surface area contributed by atoms with E-state index in [9.17, 15) is 4.79 Å². The number of amides is 1. The maximum absolute atomic E-state index is 11.9. The highest BCUT2D eigenvalue weighted by molar-refractivity contribution is 5.81. The van der Waals surface area contributed by atoms with E-state index in [4.69, 9.17) is 8.94 Å². The highest BCUT2D eigenvalue weighted by Gasteiger charge is 2.28. The maximum atomic E-state index is 11.9. The SMILES string of the molecule is CNC(=O)C1CNCCN1Cc1cc(-c2ccco2)on1. The fraction of sp³-hybridized carbons (Fsp3) is 0.429. The van der Waals surface area contributed by atoms with Crippen molar-refractivity contribution in [2.45, 2.75) is 12.6 Å². The standard InChI is InChI=1S/C14H18N4O3/c1-15-14(19)11-8-16-4-5-18(11)9-10-7-13(21-17-10)12-3-2-6-20-12/h2-3,6-7,11,16H,4-5,8-9H2,1H3,(H,15,19). The summed E-state index contributed by atoms with van der Waals surface area (Å²) in [5, 5.41) is 9.99. The third-order valence-electron chi connectivity index (χ3n) is 3.59. The molecule has 2 aromatic rings. The molecule has 2 N–H and O–H groups in total. The second-order valence-corrected chi connectivity index (χ2v) is 4.96. The summed E-state index contributed by atoms with van der Waals surface area (Å²) in [6.07, 6.45) is 1.59. The third-order valence-corrected chi connectivity index (χ3v) is 3.59. The third kappa shape index (κ3) is 2.98. The van der Waals surface area contributed by atoms with Crippen molar-refractivity contribution in [3.8, 4) is 11.5 Å². The number of carbonyl (C=O) groups excluding carboxylic acids is 1. The molecule has 1 aliphatic heterocycles. The predicted molar refractivity (Wildman–Crippen MR) is 75.3 cm³/mol. The van der Waals surface area contributed by atoms with E-state index in [0.717, 1.165) is 18.8 Å². The van der Waals surface area contributed by atoms with Crippen molar-refractivity contribution in [2.75, 3.05) is 26.7 Å². The number of nitrogens with zero attached hydrogens (tertiary/aromatic N) is 2. The van der Waals surface area contributed by atoms with Crippen LogP contribution in [0.4, 0.5) is 0 Å². The van der Waals surface area contributed by atoms with Crippen molar-refractivity contribution >= 4 is 5.91 Å². The first-order valence-electron chi connectivity index (χ1n) is 6.94. The smallest absolute Gasteiger partial charge is 0.238 e. The van der Waals surface area contributed by atoms with Gasteiger partial charge in [0, 0.05) is 39.3 Å². The zero-order valence-electron chi connectivity index (χ0n) is 11.8. The topological polar surface area (TPSA) is 83.5 Å². The monoisotopic (exact) mass is 290 g/mol. The first kappa shape index (κ1) is 13.8. The number of likely N-dealkylation sites (N-methyl/N-ethyl adjacent to an activating group) is 1. The van der Waals surface area contributed by atoms with Crippen molar-refractivity contribution in [3.63, 3.8) is 0 Å². The minimum atomic E-state index is -0.187. The van der Waals surface area contributed by atoms with Crippen molar-refractivity contribution in [3.05, 3.63) is 30.2 Å². The van der Waals surface area contributed by atoms with Crippen LogP contribution in [-0.2, 0) is 11.3 Å². The lowest BCUT2D eigenvalue weighted by Gasteiger charge is -2.34. The fourth-order valence-corrected chi connectivity index (χ4v) is 2.49. The van der Waals surface area contributed by atoms with Crippen LogP contribution in [0.1, 0.15) is 5.69 Å². The van der Waals surface area contributed by atoms with Crippen LogP contribution < -0.4 is 10.6 Å². The zero-order chi connectivity index (χ0) is 14.7. The maximum Gasteiger partial charge on any atom is 0.238 e. The fourth-order valence-electron chi connectivity index (χ4n) is 2.49. The molecule has 0 bridgehead atoms. The van der Waals surface area contributed by atoms with Gasteiger partial charge in [-0.15, -0.1) is 0 Å². The van der Waals surface area contributed by atoms with Gasteiger partial charge >= 0.3 is 0 Å². The second-order valence-electron chi connectivity index (χ2n) is 4.96. The summed E-state index contributed by atoms with van der Waals surface area (Å²) in [7, 11) is 1.65. The van der Waals surface area contributed by atoms with E-state index in [1.54, 1.807) is 19.4 Å². The molecule has 2 aromatic heterocycles. The molecule has 0 saturated carbocycles. The average Bonchev–Trinajstić information content (AvgIpc) is 3.18. The highest BCUT2D eigenvalue weighted by Crippen LogP contribution is 2.21. The minimum Gasteiger partial charge on any atom is -0.461 e. The van der Waals surface area contributed by atoms with Gasteiger partial charge in [0.25, 0.3) is 0 Å². The molecule has 1 atom stereocenters. The summed E-state index contributed by atoms with van der Waals surface area (Å²) >= 11 is 0. The Morgan fingerprint density at radius 2 is 2.48 bits per heavy atom. The van der Waals surface area contributed by atoms with E-state index in [1.807, 2.05) is 12.1 Å².